The average Bonchev–Trinajstić information content (AvgIpc) is 2.76. The molecule has 0 aromatic carbocycles. The van der Waals surface area contributed by atoms with Crippen molar-refractivity contribution in [1.82, 2.24) is 5.43 Å². The van der Waals surface area contributed by atoms with Crippen LogP contribution >= 0.6 is 0 Å². The van der Waals surface area contributed by atoms with E-state index in [0.29, 0.717) is 6.42 Å². The summed E-state index contributed by atoms with van der Waals surface area (Å²) in [5.41, 5.74) is 3.86. The number of hydrogen-bond donors (Lipinski definition) is 2. The van der Waals surface area contributed by atoms with E-state index in [-0.39, 0.29) is 17.2 Å². The van der Waals surface area contributed by atoms with Gasteiger partial charge in [-0.25, -0.2) is 8.42 Å². The number of aryl methyl sites for hydroxylation is 1. The SMILES string of the molecule is Cc1occc1C(NN)C1CCCC(S(C)(=O)=O)C1. The second kappa shape index (κ2) is 5.64. The maximum Gasteiger partial charge on any atom is 0.150 e. The van der Waals surface area contributed by atoms with Gasteiger partial charge in [0.25, 0.3) is 0 Å². The number of hydrazine groups is 1. The van der Waals surface area contributed by atoms with Crippen molar-refractivity contribution in [2.24, 2.45) is 11.8 Å². The Morgan fingerprint density at radius 2 is 2.21 bits per heavy atom. The zero-order valence-corrected chi connectivity index (χ0v) is 12.2. The molecule has 19 heavy (non-hydrogen) atoms. The molecule has 5 nitrogen and oxygen atoms in total. The van der Waals surface area contributed by atoms with E-state index in [1.807, 2.05) is 13.0 Å². The van der Waals surface area contributed by atoms with Crippen LogP contribution in [0.5, 0.6) is 0 Å². The number of furan rings is 1. The molecule has 0 radical (unpaired) electrons. The molecule has 0 amide bonds. The van der Waals surface area contributed by atoms with Crippen LogP contribution in [0.2, 0.25) is 0 Å². The molecular formula is C13H22N2O3S. The van der Waals surface area contributed by atoms with Crippen LogP contribution in [0.25, 0.3) is 0 Å². The van der Waals surface area contributed by atoms with Crippen LogP contribution in [-0.4, -0.2) is 19.9 Å². The third kappa shape index (κ3) is 3.19. The molecule has 0 bridgehead atoms. The zero-order valence-electron chi connectivity index (χ0n) is 11.4. The highest BCUT2D eigenvalue weighted by molar-refractivity contribution is 7.91. The topological polar surface area (TPSA) is 85.3 Å². The molecule has 1 heterocycles. The highest BCUT2D eigenvalue weighted by Crippen LogP contribution is 2.37. The van der Waals surface area contributed by atoms with Crippen LogP contribution in [0.1, 0.15) is 43.0 Å². The molecule has 108 valence electrons. The van der Waals surface area contributed by atoms with Gasteiger partial charge in [0.05, 0.1) is 17.6 Å². The van der Waals surface area contributed by atoms with E-state index in [1.165, 1.54) is 6.26 Å². The molecule has 0 saturated heterocycles. The van der Waals surface area contributed by atoms with E-state index in [0.717, 1.165) is 30.6 Å². The van der Waals surface area contributed by atoms with Crippen molar-refractivity contribution >= 4 is 9.84 Å². The summed E-state index contributed by atoms with van der Waals surface area (Å²) < 4.78 is 28.8. The molecule has 1 aromatic heterocycles. The molecule has 1 aliphatic rings. The first kappa shape index (κ1) is 14.6. The summed E-state index contributed by atoms with van der Waals surface area (Å²) in [6, 6.07) is 1.87. The second-order valence-electron chi connectivity index (χ2n) is 5.45. The molecule has 1 fully saturated rings. The van der Waals surface area contributed by atoms with Crippen LogP contribution in [0, 0.1) is 12.8 Å². The van der Waals surface area contributed by atoms with Gasteiger partial charge >= 0.3 is 0 Å². The van der Waals surface area contributed by atoms with E-state index in [9.17, 15) is 8.42 Å². The molecule has 0 aliphatic heterocycles. The van der Waals surface area contributed by atoms with Gasteiger partial charge in [-0.15, -0.1) is 0 Å². The minimum Gasteiger partial charge on any atom is -0.469 e. The minimum absolute atomic E-state index is 0.0386. The van der Waals surface area contributed by atoms with Crippen molar-refractivity contribution in [2.75, 3.05) is 6.26 Å². The van der Waals surface area contributed by atoms with Gasteiger partial charge in [0.15, 0.2) is 0 Å². The molecule has 1 aromatic rings. The summed E-state index contributed by atoms with van der Waals surface area (Å²) in [5.74, 6) is 6.75. The molecule has 1 saturated carbocycles. The summed E-state index contributed by atoms with van der Waals surface area (Å²) in [7, 11) is -2.97. The van der Waals surface area contributed by atoms with Crippen molar-refractivity contribution in [3.63, 3.8) is 0 Å². The van der Waals surface area contributed by atoms with Gasteiger partial charge in [0.1, 0.15) is 15.6 Å². The minimum atomic E-state index is -2.97. The third-order valence-electron chi connectivity index (χ3n) is 4.16. The summed E-state index contributed by atoms with van der Waals surface area (Å²) >= 11 is 0. The van der Waals surface area contributed by atoms with E-state index in [2.05, 4.69) is 5.43 Å². The van der Waals surface area contributed by atoms with Crippen LogP contribution < -0.4 is 11.3 Å². The van der Waals surface area contributed by atoms with Gasteiger partial charge < -0.3 is 4.42 Å². The Bertz CT molecular complexity index is 524. The fourth-order valence-electron chi connectivity index (χ4n) is 3.07. The number of nitrogens with two attached hydrogens (primary N) is 1. The Balaban J connectivity index is 2.18. The van der Waals surface area contributed by atoms with Crippen LogP contribution in [0.3, 0.4) is 0 Å². The monoisotopic (exact) mass is 286 g/mol. The first-order valence-electron chi connectivity index (χ1n) is 6.62. The van der Waals surface area contributed by atoms with E-state index in [4.69, 9.17) is 10.3 Å². The number of hydrogen-bond acceptors (Lipinski definition) is 5. The van der Waals surface area contributed by atoms with Crippen LogP contribution in [0.4, 0.5) is 0 Å². The van der Waals surface area contributed by atoms with Crippen LogP contribution in [-0.2, 0) is 9.84 Å². The lowest BCUT2D eigenvalue weighted by atomic mass is 9.81. The highest BCUT2D eigenvalue weighted by atomic mass is 32.2. The summed E-state index contributed by atoms with van der Waals surface area (Å²) in [4.78, 5) is 0. The first-order chi connectivity index (χ1) is 8.93. The zero-order chi connectivity index (χ0) is 14.0. The quantitative estimate of drug-likeness (QED) is 0.650. The molecule has 1 aliphatic carbocycles. The maximum atomic E-state index is 11.7. The van der Waals surface area contributed by atoms with Gasteiger partial charge in [-0.3, -0.25) is 11.3 Å². The van der Waals surface area contributed by atoms with Gasteiger partial charge in [-0.05, 0) is 38.2 Å². The Hall–Kier alpha value is -0.850. The second-order valence-corrected chi connectivity index (χ2v) is 7.78. The van der Waals surface area contributed by atoms with Gasteiger partial charge in [-0.2, -0.15) is 0 Å². The number of rotatable bonds is 4. The maximum absolute atomic E-state index is 11.7. The molecule has 0 spiro atoms. The lowest BCUT2D eigenvalue weighted by Gasteiger charge is -2.33. The van der Waals surface area contributed by atoms with Crippen molar-refractivity contribution in [2.45, 2.75) is 43.9 Å². The Labute approximate surface area is 114 Å². The number of sulfone groups is 1. The normalized spacial score (nSPS) is 26.3. The largest absolute Gasteiger partial charge is 0.469 e. The summed E-state index contributed by atoms with van der Waals surface area (Å²) in [6.07, 6.45) is 6.32. The van der Waals surface area contributed by atoms with Gasteiger partial charge in [0.2, 0.25) is 0 Å². The molecular weight excluding hydrogens is 264 g/mol. The van der Waals surface area contributed by atoms with Crippen molar-refractivity contribution < 1.29 is 12.8 Å². The van der Waals surface area contributed by atoms with E-state index >= 15 is 0 Å². The van der Waals surface area contributed by atoms with E-state index in [1.54, 1.807) is 6.26 Å². The fraction of sp³-hybridized carbons (Fsp3) is 0.692. The average molecular weight is 286 g/mol. The fourth-order valence-corrected chi connectivity index (χ4v) is 4.26. The lowest BCUT2D eigenvalue weighted by Crippen LogP contribution is -2.38. The molecule has 6 heteroatoms. The summed E-state index contributed by atoms with van der Waals surface area (Å²) in [5, 5.41) is -0.241. The van der Waals surface area contributed by atoms with Gasteiger partial charge in [-0.1, -0.05) is 6.42 Å². The first-order valence-corrected chi connectivity index (χ1v) is 8.58. The Morgan fingerprint density at radius 1 is 1.47 bits per heavy atom. The van der Waals surface area contributed by atoms with E-state index < -0.39 is 9.84 Å². The van der Waals surface area contributed by atoms with Crippen molar-refractivity contribution in [3.05, 3.63) is 23.7 Å². The lowest BCUT2D eigenvalue weighted by molar-refractivity contribution is 0.272. The Kier molecular flexibility index (Phi) is 4.32. The van der Waals surface area contributed by atoms with Crippen LogP contribution in [0.15, 0.2) is 16.7 Å². The predicted molar refractivity (Wildman–Crippen MR) is 74.1 cm³/mol. The molecule has 3 N–H and O–H groups in total. The molecule has 2 rings (SSSR count). The van der Waals surface area contributed by atoms with Gasteiger partial charge in [0, 0.05) is 11.8 Å². The van der Waals surface area contributed by atoms with Crippen molar-refractivity contribution in [3.8, 4) is 0 Å². The predicted octanol–water partition coefficient (Wildman–Crippen LogP) is 1.70. The molecule has 3 atom stereocenters. The third-order valence-corrected chi connectivity index (χ3v) is 5.80. The molecule has 3 unspecified atom stereocenters. The smallest absolute Gasteiger partial charge is 0.150 e. The standard InChI is InChI=1S/C13H22N2O3S/c1-9-12(6-7-18-9)13(15-14)10-4-3-5-11(8-10)19(2,16)17/h6-7,10-11,13,15H,3-5,8,14H2,1-2H3. The summed E-state index contributed by atoms with van der Waals surface area (Å²) in [6.45, 7) is 1.90. The highest BCUT2D eigenvalue weighted by Gasteiger charge is 2.34. The number of nitrogens with one attached hydrogen (secondary N) is 1. The Morgan fingerprint density at radius 3 is 2.74 bits per heavy atom. The van der Waals surface area contributed by atoms with Crippen molar-refractivity contribution in [1.29, 1.82) is 0 Å².